The van der Waals surface area contributed by atoms with Gasteiger partial charge in [-0.1, -0.05) is 92.8 Å². The maximum Gasteiger partial charge on any atom is 0.0800 e. The summed E-state index contributed by atoms with van der Waals surface area (Å²) in [7, 11) is 0. The van der Waals surface area contributed by atoms with Crippen molar-refractivity contribution in [1.82, 2.24) is 0 Å². The van der Waals surface area contributed by atoms with Crippen LogP contribution >= 0.6 is 92.8 Å². The first kappa shape index (κ1) is 17.3. The van der Waals surface area contributed by atoms with Crippen LogP contribution in [-0.2, 0) is 0 Å². The first-order valence-corrected chi connectivity index (χ1v) is 8.69. The molecular weight excluding hydrogens is 452 g/mol. The number of halogens is 8. The standard InChI is InChI=1S/C14H2Cl8/c15-5-2-3-1-4-7(10(18)6(3)11(19)9(5)17)12(20)14(22)13(21)8(4)16/h1-2H. The molecule has 0 atom stereocenters. The van der Waals surface area contributed by atoms with E-state index in [-0.39, 0.29) is 35.2 Å². The van der Waals surface area contributed by atoms with E-state index in [1.165, 1.54) is 0 Å². The van der Waals surface area contributed by atoms with Crippen LogP contribution in [0.4, 0.5) is 0 Å². The van der Waals surface area contributed by atoms with Crippen molar-refractivity contribution in [2.45, 2.75) is 0 Å². The lowest BCUT2D eigenvalue weighted by Crippen LogP contribution is -1.87. The molecule has 3 aromatic rings. The molecule has 0 aromatic heterocycles. The Labute approximate surface area is 165 Å². The van der Waals surface area contributed by atoms with Gasteiger partial charge in [0.1, 0.15) is 0 Å². The molecule has 0 radical (unpaired) electrons. The van der Waals surface area contributed by atoms with Gasteiger partial charge >= 0.3 is 0 Å². The van der Waals surface area contributed by atoms with Gasteiger partial charge in [0, 0.05) is 16.2 Å². The quantitative estimate of drug-likeness (QED) is 0.181. The highest BCUT2D eigenvalue weighted by Gasteiger charge is 2.21. The van der Waals surface area contributed by atoms with E-state index in [0.29, 0.717) is 26.6 Å². The van der Waals surface area contributed by atoms with Crippen molar-refractivity contribution in [1.29, 1.82) is 0 Å². The number of benzene rings is 3. The highest BCUT2D eigenvalue weighted by molar-refractivity contribution is 6.58. The molecule has 3 aromatic carbocycles. The summed E-state index contributed by atoms with van der Waals surface area (Å²) in [4.78, 5) is 0. The highest BCUT2D eigenvalue weighted by Crippen LogP contribution is 2.50. The summed E-state index contributed by atoms with van der Waals surface area (Å²) in [5.74, 6) is 0. The van der Waals surface area contributed by atoms with E-state index in [0.717, 1.165) is 0 Å². The summed E-state index contributed by atoms with van der Waals surface area (Å²) < 4.78 is 0. The Morgan fingerprint density at radius 2 is 1.00 bits per heavy atom. The average molecular weight is 454 g/mol. The van der Waals surface area contributed by atoms with Crippen LogP contribution in [0.5, 0.6) is 0 Å². The minimum atomic E-state index is 0.123. The van der Waals surface area contributed by atoms with E-state index in [2.05, 4.69) is 0 Å². The van der Waals surface area contributed by atoms with Crippen LogP contribution in [0.25, 0.3) is 21.5 Å². The van der Waals surface area contributed by atoms with Crippen molar-refractivity contribution < 1.29 is 0 Å². The molecule has 0 aliphatic carbocycles. The van der Waals surface area contributed by atoms with Gasteiger partial charge in [0.15, 0.2) is 0 Å². The third kappa shape index (κ3) is 2.44. The van der Waals surface area contributed by atoms with Crippen molar-refractivity contribution in [2.75, 3.05) is 0 Å². The minimum absolute atomic E-state index is 0.123. The Morgan fingerprint density at radius 3 is 1.64 bits per heavy atom. The smallest absolute Gasteiger partial charge is 0.0800 e. The fourth-order valence-corrected chi connectivity index (χ4v) is 4.46. The van der Waals surface area contributed by atoms with Crippen LogP contribution in [0.2, 0.25) is 40.2 Å². The van der Waals surface area contributed by atoms with Crippen LogP contribution in [0, 0.1) is 0 Å². The molecule has 0 aliphatic heterocycles. The van der Waals surface area contributed by atoms with Crippen LogP contribution < -0.4 is 0 Å². The van der Waals surface area contributed by atoms with Crippen LogP contribution in [0.15, 0.2) is 12.1 Å². The molecule has 0 fully saturated rings. The minimum Gasteiger partial charge on any atom is -0.0829 e. The Hall–Kier alpha value is 0.500. The maximum atomic E-state index is 6.47. The summed E-state index contributed by atoms with van der Waals surface area (Å²) >= 11 is 49.6. The summed E-state index contributed by atoms with van der Waals surface area (Å²) in [6, 6.07) is 3.38. The van der Waals surface area contributed by atoms with Gasteiger partial charge in [-0.3, -0.25) is 0 Å². The first-order valence-electron chi connectivity index (χ1n) is 5.67. The number of hydrogen-bond acceptors (Lipinski definition) is 0. The highest BCUT2D eigenvalue weighted by atomic mass is 35.5. The third-order valence-corrected chi connectivity index (χ3v) is 6.69. The van der Waals surface area contributed by atoms with Crippen molar-refractivity contribution in [3.8, 4) is 0 Å². The van der Waals surface area contributed by atoms with E-state index in [1.807, 2.05) is 0 Å². The lowest BCUT2D eigenvalue weighted by atomic mass is 10.0. The summed E-state index contributed by atoms with van der Waals surface area (Å²) in [6.07, 6.45) is 0. The largest absolute Gasteiger partial charge is 0.0829 e. The van der Waals surface area contributed by atoms with Crippen molar-refractivity contribution in [3.05, 3.63) is 52.3 Å². The van der Waals surface area contributed by atoms with Crippen molar-refractivity contribution in [2.24, 2.45) is 0 Å². The molecule has 3 rings (SSSR count). The Morgan fingerprint density at radius 1 is 0.455 bits per heavy atom. The first-order chi connectivity index (χ1) is 10.3. The zero-order chi connectivity index (χ0) is 16.3. The lowest BCUT2D eigenvalue weighted by molar-refractivity contribution is 1.75. The Bertz CT molecular complexity index is 961. The molecule has 0 bridgehead atoms. The van der Waals surface area contributed by atoms with Gasteiger partial charge in [0.25, 0.3) is 0 Å². The van der Waals surface area contributed by atoms with Crippen LogP contribution in [-0.4, -0.2) is 0 Å². The molecule has 8 heteroatoms. The topological polar surface area (TPSA) is 0 Å². The van der Waals surface area contributed by atoms with Gasteiger partial charge in [-0.25, -0.2) is 0 Å². The average Bonchev–Trinajstić information content (AvgIpc) is 2.48. The molecule has 0 aliphatic rings. The fraction of sp³-hybridized carbons (Fsp3) is 0. The molecule has 0 N–H and O–H groups in total. The van der Waals surface area contributed by atoms with Gasteiger partial charge in [0.05, 0.1) is 40.2 Å². The second-order valence-corrected chi connectivity index (χ2v) is 7.51. The number of rotatable bonds is 0. The Balaban J connectivity index is 2.68. The molecule has 0 amide bonds. The molecule has 0 unspecified atom stereocenters. The predicted octanol–water partition coefficient (Wildman–Crippen LogP) is 9.22. The molecule has 0 nitrogen and oxygen atoms in total. The van der Waals surface area contributed by atoms with E-state index in [4.69, 9.17) is 92.8 Å². The van der Waals surface area contributed by atoms with E-state index in [1.54, 1.807) is 12.1 Å². The SMILES string of the molecule is Clc1cc2cc3c(Cl)c(Cl)c(Cl)c(Cl)c3c(Cl)c2c(Cl)c1Cl. The second kappa shape index (κ2) is 6.10. The van der Waals surface area contributed by atoms with Gasteiger partial charge < -0.3 is 0 Å². The molecule has 0 saturated heterocycles. The zero-order valence-corrected chi connectivity index (χ0v) is 16.2. The molecular formula is C14H2Cl8. The maximum absolute atomic E-state index is 6.47. The molecule has 114 valence electrons. The molecule has 22 heavy (non-hydrogen) atoms. The summed E-state index contributed by atoms with van der Waals surface area (Å²) in [5, 5.41) is 3.92. The van der Waals surface area contributed by atoms with Gasteiger partial charge in [-0.2, -0.15) is 0 Å². The second-order valence-electron chi connectivity index (χ2n) is 4.45. The number of hydrogen-bond donors (Lipinski definition) is 0. The van der Waals surface area contributed by atoms with Crippen LogP contribution in [0.3, 0.4) is 0 Å². The lowest BCUT2D eigenvalue weighted by Gasteiger charge is -2.14. The molecule has 0 spiro atoms. The summed E-state index contributed by atoms with van der Waals surface area (Å²) in [6.45, 7) is 0. The number of fused-ring (bicyclic) bond motifs is 2. The third-order valence-electron chi connectivity index (χ3n) is 3.24. The van der Waals surface area contributed by atoms with E-state index >= 15 is 0 Å². The predicted molar refractivity (Wildman–Crippen MR) is 102 cm³/mol. The van der Waals surface area contributed by atoms with E-state index in [9.17, 15) is 0 Å². The normalized spacial score (nSPS) is 11.6. The van der Waals surface area contributed by atoms with Crippen LogP contribution in [0.1, 0.15) is 0 Å². The van der Waals surface area contributed by atoms with E-state index < -0.39 is 0 Å². The van der Waals surface area contributed by atoms with Gasteiger partial charge in [0.2, 0.25) is 0 Å². The Kier molecular flexibility index (Phi) is 4.80. The summed E-state index contributed by atoms with van der Waals surface area (Å²) in [5.41, 5.74) is 0. The van der Waals surface area contributed by atoms with Crippen molar-refractivity contribution >= 4 is 114 Å². The van der Waals surface area contributed by atoms with Gasteiger partial charge in [-0.15, -0.1) is 0 Å². The fourth-order valence-electron chi connectivity index (χ4n) is 2.23. The zero-order valence-electron chi connectivity index (χ0n) is 10.2. The monoisotopic (exact) mass is 450 g/mol. The molecule has 0 heterocycles. The van der Waals surface area contributed by atoms with Crippen molar-refractivity contribution in [3.63, 3.8) is 0 Å². The molecule has 0 saturated carbocycles. The van der Waals surface area contributed by atoms with Gasteiger partial charge in [-0.05, 0) is 17.5 Å².